The molecule has 0 heterocycles. The summed E-state index contributed by atoms with van der Waals surface area (Å²) in [5.74, 6) is 0. The summed E-state index contributed by atoms with van der Waals surface area (Å²) in [7, 11) is -7.67. The van der Waals surface area contributed by atoms with Crippen LogP contribution in [0.5, 0.6) is 0 Å². The first-order chi connectivity index (χ1) is 7.46. The smallest absolute Gasteiger partial charge is 0.750 e. The SMILES string of the molecule is O=S(O)(O)=S.O=S(O)(O)=S.O=S(O)O.O=S([O-])O.[Na+]. The third-order valence-corrected chi connectivity index (χ3v) is 0. The second-order valence-corrected chi connectivity index (χ2v) is 6.64. The van der Waals surface area contributed by atoms with Crippen LogP contribution >= 0.6 is 0 Å². The summed E-state index contributed by atoms with van der Waals surface area (Å²) >= 11 is 1.46. The third-order valence-electron chi connectivity index (χ3n) is 0. The molecule has 1 unspecified atom stereocenters. The van der Waals surface area contributed by atoms with Crippen LogP contribution in [0.1, 0.15) is 0 Å². The molecule has 12 nitrogen and oxygen atoms in total. The van der Waals surface area contributed by atoms with Gasteiger partial charge in [-0.3, -0.25) is 27.3 Å². The van der Waals surface area contributed by atoms with Gasteiger partial charge in [0.1, 0.15) is 0 Å². The first-order valence-electron chi connectivity index (χ1n) is 2.44. The summed E-state index contributed by atoms with van der Waals surface area (Å²) in [6, 6.07) is 0. The Labute approximate surface area is 144 Å². The average Bonchev–Trinajstić information content (AvgIpc) is 1.70. The average molecular weight is 414 g/mol. The molecule has 0 aliphatic carbocycles. The van der Waals surface area contributed by atoms with E-state index in [0.717, 1.165) is 0 Å². The number of hydrogen-bond acceptors (Lipinski definition) is 7. The van der Waals surface area contributed by atoms with Gasteiger partial charge in [0.15, 0.2) is 0 Å². The molecule has 0 aromatic carbocycles. The molecule has 7 N–H and O–H groups in total. The minimum Gasteiger partial charge on any atom is -0.750 e. The molecule has 0 aliphatic heterocycles. The molecule has 0 spiro atoms. The van der Waals surface area contributed by atoms with Gasteiger partial charge in [-0.15, -0.1) is 0 Å². The Balaban J connectivity index is -0.0000000453. The van der Waals surface area contributed by atoms with Gasteiger partial charge in [-0.25, -0.2) is 4.21 Å². The van der Waals surface area contributed by atoms with Crippen molar-refractivity contribution in [1.29, 1.82) is 0 Å². The fourth-order valence-electron chi connectivity index (χ4n) is 0. The van der Waals surface area contributed by atoms with Crippen LogP contribution in [0.3, 0.4) is 0 Å². The zero-order valence-corrected chi connectivity index (χ0v) is 15.5. The fraction of sp³-hybridized carbons (Fsp3) is 0. The summed E-state index contributed by atoms with van der Waals surface area (Å²) in [4.78, 5) is 0. The molecule has 0 aliphatic rings. The molecule has 0 saturated heterocycles. The van der Waals surface area contributed by atoms with Crippen molar-refractivity contribution in [2.75, 3.05) is 0 Å². The third kappa shape index (κ3) is 2090. The van der Waals surface area contributed by atoms with Gasteiger partial charge in [0.25, 0.3) is 29.5 Å². The Morgan fingerprint density at radius 1 is 0.842 bits per heavy atom. The predicted molar refractivity (Wildman–Crippen MR) is 66.5 cm³/mol. The van der Waals surface area contributed by atoms with Crippen LogP contribution in [0, 0.1) is 0 Å². The van der Waals surface area contributed by atoms with Crippen LogP contribution in [0.4, 0.5) is 0 Å². The van der Waals surface area contributed by atoms with E-state index in [1.54, 1.807) is 0 Å². The Morgan fingerprint density at radius 2 is 0.842 bits per heavy atom. The molecule has 0 fully saturated rings. The van der Waals surface area contributed by atoms with Gasteiger partial charge in [0, 0.05) is 22.4 Å². The van der Waals surface area contributed by atoms with Gasteiger partial charge >= 0.3 is 29.6 Å². The summed E-state index contributed by atoms with van der Waals surface area (Å²) in [6.45, 7) is 0. The van der Waals surface area contributed by atoms with E-state index in [9.17, 15) is 0 Å². The summed E-state index contributed by atoms with van der Waals surface area (Å²) in [5.41, 5.74) is 0. The summed E-state index contributed by atoms with van der Waals surface area (Å²) < 4.78 is 94.8. The largest absolute Gasteiger partial charge is 1.00 e. The molecule has 0 aromatic heterocycles. The molecule has 0 aromatic rings. The molecule has 19 heteroatoms. The van der Waals surface area contributed by atoms with Crippen LogP contribution in [-0.4, -0.2) is 53.3 Å². The normalized spacial score (nSPS) is 11.2. The van der Waals surface area contributed by atoms with E-state index in [1.165, 1.54) is 0 Å². The van der Waals surface area contributed by atoms with Crippen LogP contribution in [0.25, 0.3) is 0 Å². The van der Waals surface area contributed by atoms with Crippen molar-refractivity contribution in [3.8, 4) is 0 Å². The predicted octanol–water partition coefficient (Wildman–Crippen LogP) is -4.62. The Kier molecular flexibility index (Phi) is 30.5. The molecule has 19 heavy (non-hydrogen) atoms. The first kappa shape index (κ1) is 32.6. The van der Waals surface area contributed by atoms with E-state index in [2.05, 4.69) is 22.4 Å². The second-order valence-electron chi connectivity index (χ2n) is 1.34. The van der Waals surface area contributed by atoms with Crippen molar-refractivity contribution in [1.82, 2.24) is 0 Å². The van der Waals surface area contributed by atoms with Gasteiger partial charge in [-0.1, -0.05) is 0 Å². The summed E-state index contributed by atoms with van der Waals surface area (Å²) in [6.07, 6.45) is 0. The zero-order chi connectivity index (χ0) is 16.2. The molecule has 0 radical (unpaired) electrons. The van der Waals surface area contributed by atoms with E-state index in [1.807, 2.05) is 0 Å². The van der Waals surface area contributed by atoms with Gasteiger partial charge in [0.05, 0.1) is 11.4 Å². The van der Waals surface area contributed by atoms with Crippen LogP contribution in [-0.2, 0) is 63.2 Å². The Morgan fingerprint density at radius 3 is 0.842 bits per heavy atom. The first-order valence-corrected chi connectivity index (χ1v) is 9.33. The molecular formula is H7NaO12S6. The van der Waals surface area contributed by atoms with Crippen LogP contribution in [0.2, 0.25) is 0 Å². The zero-order valence-electron chi connectivity index (χ0n) is 8.62. The van der Waals surface area contributed by atoms with Crippen molar-refractivity contribution < 1.29 is 82.8 Å². The number of rotatable bonds is 0. The monoisotopic (exact) mass is 414 g/mol. The van der Waals surface area contributed by atoms with E-state index in [-0.39, 0.29) is 29.6 Å². The maximum Gasteiger partial charge on any atom is 1.00 e. The van der Waals surface area contributed by atoms with Crippen LogP contribution in [0.15, 0.2) is 0 Å². The van der Waals surface area contributed by atoms with Gasteiger partial charge < -0.3 is 9.11 Å². The van der Waals surface area contributed by atoms with Gasteiger partial charge in [-0.05, 0) is 0 Å². The van der Waals surface area contributed by atoms with E-state index in [4.69, 9.17) is 53.3 Å². The van der Waals surface area contributed by atoms with Crippen molar-refractivity contribution in [3.05, 3.63) is 0 Å². The Bertz CT molecular complexity index is 349. The number of hydrogen-bond donors (Lipinski definition) is 7. The molecule has 0 bridgehead atoms. The van der Waals surface area contributed by atoms with Crippen molar-refractivity contribution >= 4 is 63.2 Å². The molecule has 0 amide bonds. The van der Waals surface area contributed by atoms with Gasteiger partial charge in [-0.2, -0.15) is 12.6 Å². The quantitative estimate of drug-likeness (QED) is 0.146. The standard InChI is InChI=1S/Na.2H2O3S2.2H2O3S/c;2*1-5(2,3)4;2*1-4(2)3/h;2*(H2,1,2,3,4);2*(H2,1,2,3)/q+1;;;;/p-1. The molecule has 0 rings (SSSR count). The van der Waals surface area contributed by atoms with Crippen molar-refractivity contribution in [2.45, 2.75) is 0 Å². The Hall–Kier alpha value is 1.72. The van der Waals surface area contributed by atoms with Crippen LogP contribution < -0.4 is 29.6 Å². The van der Waals surface area contributed by atoms with E-state index < -0.39 is 40.8 Å². The van der Waals surface area contributed by atoms with E-state index >= 15 is 0 Å². The molecular weight excluding hydrogens is 407 g/mol. The van der Waals surface area contributed by atoms with Gasteiger partial charge in [0.2, 0.25) is 0 Å². The topological polar surface area (TPSA) is 233 Å². The maximum atomic E-state index is 9.11. The van der Waals surface area contributed by atoms with Crippen molar-refractivity contribution in [2.24, 2.45) is 0 Å². The minimum absolute atomic E-state index is 0. The fourth-order valence-corrected chi connectivity index (χ4v) is 0. The van der Waals surface area contributed by atoms with E-state index in [0.29, 0.717) is 0 Å². The molecule has 0 saturated carbocycles. The molecule has 116 valence electrons. The second kappa shape index (κ2) is 17.8. The minimum atomic E-state index is -3.83. The molecule has 1 atom stereocenters. The maximum absolute atomic E-state index is 9.11. The van der Waals surface area contributed by atoms with Crippen molar-refractivity contribution in [3.63, 3.8) is 0 Å². The summed E-state index contributed by atoms with van der Waals surface area (Å²) in [5, 5.41) is 0.